The van der Waals surface area contributed by atoms with Crippen LogP contribution in [0.15, 0.2) is 85.3 Å². The topological polar surface area (TPSA) is 95.6 Å². The standard InChI is InChI=1S/C26H24N6O/c1-32-18-23(17-30-32)22-11-12-24(29-16-22)31-26(33)25(21-5-3-2-4-6-21)28-14-13-19-7-9-20(15-27)10-8-19/h2-12,16-18,25,28H,13-14H2,1H3,(H,29,31,33)/t25-/m0/s1. The molecule has 4 rings (SSSR count). The van der Waals surface area contributed by atoms with Gasteiger partial charge in [-0.15, -0.1) is 0 Å². The van der Waals surface area contributed by atoms with E-state index in [2.05, 4.69) is 26.8 Å². The minimum atomic E-state index is -0.524. The van der Waals surface area contributed by atoms with Crippen LogP contribution in [0.25, 0.3) is 11.1 Å². The van der Waals surface area contributed by atoms with Crippen molar-refractivity contribution in [3.05, 3.63) is 102 Å². The number of aryl methyl sites for hydroxylation is 1. The molecule has 0 bridgehead atoms. The van der Waals surface area contributed by atoms with Crippen LogP contribution in [0, 0.1) is 11.3 Å². The van der Waals surface area contributed by atoms with Gasteiger partial charge in [0.2, 0.25) is 5.91 Å². The normalized spacial score (nSPS) is 11.5. The molecule has 7 nitrogen and oxygen atoms in total. The van der Waals surface area contributed by atoms with Gasteiger partial charge in [-0.3, -0.25) is 9.48 Å². The third-order valence-corrected chi connectivity index (χ3v) is 5.29. The second kappa shape index (κ2) is 10.4. The number of nitriles is 1. The Bertz CT molecular complexity index is 1240. The quantitative estimate of drug-likeness (QED) is 0.437. The van der Waals surface area contributed by atoms with Gasteiger partial charge in [-0.25, -0.2) is 4.98 Å². The molecule has 2 aromatic heterocycles. The van der Waals surface area contributed by atoms with Crippen LogP contribution in [0.2, 0.25) is 0 Å². The summed E-state index contributed by atoms with van der Waals surface area (Å²) in [6.07, 6.45) is 6.15. The number of hydrogen-bond donors (Lipinski definition) is 2. The van der Waals surface area contributed by atoms with E-state index in [0.717, 1.165) is 28.7 Å². The summed E-state index contributed by atoms with van der Waals surface area (Å²) >= 11 is 0. The summed E-state index contributed by atoms with van der Waals surface area (Å²) in [5, 5.41) is 19.4. The summed E-state index contributed by atoms with van der Waals surface area (Å²) < 4.78 is 1.74. The smallest absolute Gasteiger partial charge is 0.247 e. The van der Waals surface area contributed by atoms with Gasteiger partial charge < -0.3 is 10.6 Å². The lowest BCUT2D eigenvalue weighted by Crippen LogP contribution is -2.34. The Hall–Kier alpha value is -4.28. The highest BCUT2D eigenvalue weighted by molar-refractivity contribution is 5.94. The molecule has 0 aliphatic carbocycles. The molecular weight excluding hydrogens is 412 g/mol. The van der Waals surface area contributed by atoms with Crippen LogP contribution in [0.4, 0.5) is 5.82 Å². The van der Waals surface area contributed by atoms with Gasteiger partial charge in [-0.05, 0) is 41.8 Å². The van der Waals surface area contributed by atoms with E-state index in [9.17, 15) is 4.79 Å². The highest BCUT2D eigenvalue weighted by Gasteiger charge is 2.20. The fraction of sp³-hybridized carbons (Fsp3) is 0.154. The van der Waals surface area contributed by atoms with E-state index in [-0.39, 0.29) is 5.91 Å². The van der Waals surface area contributed by atoms with Crippen molar-refractivity contribution in [3.8, 4) is 17.2 Å². The first kappa shape index (κ1) is 21.9. The maximum Gasteiger partial charge on any atom is 0.247 e. The van der Waals surface area contributed by atoms with Crippen LogP contribution in [-0.4, -0.2) is 27.2 Å². The molecule has 0 saturated carbocycles. The Balaban J connectivity index is 1.42. The van der Waals surface area contributed by atoms with Crippen molar-refractivity contribution in [1.82, 2.24) is 20.1 Å². The number of carbonyl (C=O) groups is 1. The van der Waals surface area contributed by atoms with E-state index in [1.165, 1.54) is 0 Å². The first-order valence-corrected chi connectivity index (χ1v) is 10.7. The fourth-order valence-electron chi connectivity index (χ4n) is 3.52. The van der Waals surface area contributed by atoms with Crippen LogP contribution < -0.4 is 10.6 Å². The summed E-state index contributed by atoms with van der Waals surface area (Å²) in [6.45, 7) is 0.603. The first-order valence-electron chi connectivity index (χ1n) is 10.7. The average molecular weight is 437 g/mol. The SMILES string of the molecule is Cn1cc(-c2ccc(NC(=O)[C@@H](NCCc3ccc(C#N)cc3)c3ccccc3)nc2)cn1. The summed E-state index contributed by atoms with van der Waals surface area (Å²) in [7, 11) is 1.86. The number of nitrogens with zero attached hydrogens (tertiary/aromatic N) is 4. The summed E-state index contributed by atoms with van der Waals surface area (Å²) in [5.41, 5.74) is 4.51. The Labute approximate surface area is 192 Å². The molecule has 0 radical (unpaired) electrons. The number of rotatable bonds is 8. The number of carbonyl (C=O) groups excluding carboxylic acids is 1. The van der Waals surface area contributed by atoms with Crippen molar-refractivity contribution >= 4 is 11.7 Å². The summed E-state index contributed by atoms with van der Waals surface area (Å²) in [5.74, 6) is 0.310. The first-order chi connectivity index (χ1) is 16.1. The minimum Gasteiger partial charge on any atom is -0.309 e. The van der Waals surface area contributed by atoms with Gasteiger partial charge in [0.25, 0.3) is 0 Å². The molecule has 0 unspecified atom stereocenters. The molecule has 0 fully saturated rings. The van der Waals surface area contributed by atoms with E-state index in [4.69, 9.17) is 5.26 Å². The minimum absolute atomic E-state index is 0.178. The number of aromatic nitrogens is 3. The maximum absolute atomic E-state index is 13.1. The average Bonchev–Trinajstić information content (AvgIpc) is 3.29. The molecule has 0 spiro atoms. The van der Waals surface area contributed by atoms with Gasteiger partial charge in [0, 0.05) is 37.1 Å². The molecule has 0 aliphatic rings. The zero-order valence-corrected chi connectivity index (χ0v) is 18.3. The molecule has 0 saturated heterocycles. The van der Waals surface area contributed by atoms with Crippen LogP contribution in [0.3, 0.4) is 0 Å². The Kier molecular flexibility index (Phi) is 6.88. The summed E-state index contributed by atoms with van der Waals surface area (Å²) in [6, 6.07) is 22.4. The largest absolute Gasteiger partial charge is 0.309 e. The number of hydrogen-bond acceptors (Lipinski definition) is 5. The fourth-order valence-corrected chi connectivity index (χ4v) is 3.52. The van der Waals surface area contributed by atoms with Gasteiger partial charge in [-0.2, -0.15) is 10.4 Å². The highest BCUT2D eigenvalue weighted by atomic mass is 16.2. The Morgan fingerprint density at radius 3 is 2.45 bits per heavy atom. The van der Waals surface area contributed by atoms with Gasteiger partial charge in [0.15, 0.2) is 0 Å². The third kappa shape index (κ3) is 5.70. The monoisotopic (exact) mass is 436 g/mol. The van der Waals surface area contributed by atoms with Crippen molar-refractivity contribution in [1.29, 1.82) is 5.26 Å². The van der Waals surface area contributed by atoms with Crippen LogP contribution in [0.1, 0.15) is 22.7 Å². The lowest BCUT2D eigenvalue weighted by Gasteiger charge is -2.19. The number of nitrogens with one attached hydrogen (secondary N) is 2. The van der Waals surface area contributed by atoms with E-state index in [1.807, 2.05) is 61.8 Å². The lowest BCUT2D eigenvalue weighted by atomic mass is 10.0. The van der Waals surface area contributed by atoms with Crippen molar-refractivity contribution in [2.24, 2.45) is 7.05 Å². The highest BCUT2D eigenvalue weighted by Crippen LogP contribution is 2.20. The van der Waals surface area contributed by atoms with Gasteiger partial charge >= 0.3 is 0 Å². The molecule has 7 heteroatoms. The number of pyridine rings is 1. The van der Waals surface area contributed by atoms with E-state index >= 15 is 0 Å². The summed E-state index contributed by atoms with van der Waals surface area (Å²) in [4.78, 5) is 17.5. The Morgan fingerprint density at radius 1 is 1.03 bits per heavy atom. The van der Waals surface area contributed by atoms with Crippen molar-refractivity contribution in [2.75, 3.05) is 11.9 Å². The predicted molar refractivity (Wildman–Crippen MR) is 127 cm³/mol. The molecule has 2 N–H and O–H groups in total. The molecular formula is C26H24N6O. The molecule has 1 atom stereocenters. The number of benzene rings is 2. The number of amides is 1. The predicted octanol–water partition coefficient (Wildman–Crippen LogP) is 3.87. The van der Waals surface area contributed by atoms with Crippen LogP contribution >= 0.6 is 0 Å². The van der Waals surface area contributed by atoms with Crippen LogP contribution in [0.5, 0.6) is 0 Å². The van der Waals surface area contributed by atoms with Crippen molar-refractivity contribution in [3.63, 3.8) is 0 Å². The van der Waals surface area contributed by atoms with Crippen LogP contribution in [-0.2, 0) is 18.3 Å². The van der Waals surface area contributed by atoms with Gasteiger partial charge in [-0.1, -0.05) is 42.5 Å². The van der Waals surface area contributed by atoms with E-state index in [0.29, 0.717) is 17.9 Å². The van der Waals surface area contributed by atoms with Gasteiger partial charge in [0.1, 0.15) is 11.9 Å². The molecule has 0 aliphatic heterocycles. The maximum atomic E-state index is 13.1. The Morgan fingerprint density at radius 2 is 1.82 bits per heavy atom. The molecule has 2 aromatic carbocycles. The second-order valence-electron chi connectivity index (χ2n) is 7.68. The molecule has 1 amide bonds. The number of anilines is 1. The van der Waals surface area contributed by atoms with E-state index in [1.54, 1.807) is 35.3 Å². The third-order valence-electron chi connectivity index (χ3n) is 5.29. The molecule has 2 heterocycles. The zero-order chi connectivity index (χ0) is 23.0. The second-order valence-corrected chi connectivity index (χ2v) is 7.68. The molecule has 164 valence electrons. The zero-order valence-electron chi connectivity index (χ0n) is 18.3. The van der Waals surface area contributed by atoms with Crippen molar-refractivity contribution < 1.29 is 4.79 Å². The van der Waals surface area contributed by atoms with Gasteiger partial charge in [0.05, 0.1) is 17.8 Å². The van der Waals surface area contributed by atoms with E-state index < -0.39 is 6.04 Å². The molecule has 33 heavy (non-hydrogen) atoms. The van der Waals surface area contributed by atoms with Crippen molar-refractivity contribution in [2.45, 2.75) is 12.5 Å². The lowest BCUT2D eigenvalue weighted by molar-refractivity contribution is -0.118. The molecule has 4 aromatic rings.